The number of ether oxygens (including phenoxy) is 1. The summed E-state index contributed by atoms with van der Waals surface area (Å²) in [6.07, 6.45) is -2.73. The molecule has 12 heteroatoms. The van der Waals surface area contributed by atoms with E-state index in [9.17, 15) is 18.8 Å². The van der Waals surface area contributed by atoms with Gasteiger partial charge in [-0.3, -0.25) is 15.0 Å². The monoisotopic (exact) mass is 376 g/mol. The molecule has 2 amide bonds. The number of hydrogen-bond acceptors (Lipinski definition) is 6. The molecule has 0 aliphatic heterocycles. The molecular weight excluding hydrogens is 351 g/mol. The fourth-order valence-electron chi connectivity index (χ4n) is 1.80. The number of azide groups is 1. The molecule has 0 saturated heterocycles. The lowest BCUT2D eigenvalue weighted by Crippen LogP contribution is -2.42. The summed E-state index contributed by atoms with van der Waals surface area (Å²) in [5, 5.41) is 13.6. The number of alkyl halides is 1. The molecule has 0 heterocycles. The van der Waals surface area contributed by atoms with E-state index in [1.165, 1.54) is 7.05 Å². The first kappa shape index (κ1) is 23.4. The van der Waals surface area contributed by atoms with E-state index in [-0.39, 0.29) is 19.4 Å². The molecule has 2 N–H and O–H groups in total. The van der Waals surface area contributed by atoms with Gasteiger partial charge in [0.25, 0.3) is 0 Å². The molecule has 0 unspecified atom stereocenters. The van der Waals surface area contributed by atoms with Gasteiger partial charge in [0.05, 0.1) is 6.42 Å². The molecule has 0 aliphatic carbocycles. The van der Waals surface area contributed by atoms with E-state index >= 15 is 0 Å². The van der Waals surface area contributed by atoms with Gasteiger partial charge in [0.15, 0.2) is 0 Å². The molecule has 0 radical (unpaired) electrons. The number of rotatable bonds is 10. The van der Waals surface area contributed by atoms with Crippen molar-refractivity contribution < 1.29 is 28.6 Å². The number of carboxylic acid groups (broad SMARTS) is 1. The van der Waals surface area contributed by atoms with Crippen molar-refractivity contribution in [2.75, 3.05) is 20.1 Å². The normalized spacial score (nSPS) is 12.1. The Balaban J connectivity index is 4.32. The summed E-state index contributed by atoms with van der Waals surface area (Å²) in [6.45, 7) is 4.46. The summed E-state index contributed by atoms with van der Waals surface area (Å²) in [5.74, 6) is -1.80. The Morgan fingerprint density at radius 3 is 2.50 bits per heavy atom. The summed E-state index contributed by atoms with van der Waals surface area (Å²) < 4.78 is 18.9. The highest BCUT2D eigenvalue weighted by Crippen LogP contribution is 2.13. The number of carboxylic acids is 1. The van der Waals surface area contributed by atoms with Crippen LogP contribution in [-0.2, 0) is 14.3 Å². The van der Waals surface area contributed by atoms with Crippen LogP contribution in [0.25, 0.3) is 10.4 Å². The van der Waals surface area contributed by atoms with Gasteiger partial charge in [-0.1, -0.05) is 0 Å². The Kier molecular flexibility index (Phi) is 10.0. The van der Waals surface area contributed by atoms with Crippen molar-refractivity contribution in [2.45, 2.75) is 51.8 Å². The molecule has 26 heavy (non-hydrogen) atoms. The van der Waals surface area contributed by atoms with Crippen molar-refractivity contribution in [3.8, 4) is 0 Å². The van der Waals surface area contributed by atoms with Gasteiger partial charge in [-0.2, -0.15) is 9.71 Å². The molecule has 0 fully saturated rings. The van der Waals surface area contributed by atoms with Crippen LogP contribution in [0.15, 0.2) is 5.22 Å². The lowest BCUT2D eigenvalue weighted by Gasteiger charge is -2.21. The first-order chi connectivity index (χ1) is 11.9. The number of aliphatic carboxylic acids is 1. The largest absolute Gasteiger partial charge is 0.510 e. The second kappa shape index (κ2) is 11.1. The molecular formula is C14H25FN6O5. The Bertz CT molecular complexity index is 546. The fourth-order valence-corrected chi connectivity index (χ4v) is 1.80. The highest BCUT2D eigenvalue weighted by atomic mass is 19.1. The Morgan fingerprint density at radius 1 is 1.38 bits per heavy atom. The van der Waals surface area contributed by atoms with Crippen molar-refractivity contribution in [3.05, 3.63) is 10.4 Å². The third-order valence-electron chi connectivity index (χ3n) is 2.73. The minimum Gasteiger partial charge on any atom is -0.480 e. The summed E-state index contributed by atoms with van der Waals surface area (Å²) >= 11 is 0. The molecule has 148 valence electrons. The molecule has 0 aromatic heterocycles. The standard InChI is InChI=1S/C14H25FN6O5/c1-14(2,3)26-13(25)21(19-18-16)7-5-6-10(15)8-11(22)17-20(4)9-12(23)24/h10H,5-9H2,1-4H3,(H,17,22)(H,23,24)/t10-/m1/s1. The van der Waals surface area contributed by atoms with Gasteiger partial charge < -0.3 is 9.84 Å². The van der Waals surface area contributed by atoms with Gasteiger partial charge in [-0.05, 0) is 38.8 Å². The average Bonchev–Trinajstić information content (AvgIpc) is 2.42. The van der Waals surface area contributed by atoms with Crippen LogP contribution in [0, 0.1) is 0 Å². The number of likely N-dealkylation sites (N-methyl/N-ethyl adjacent to an activating group) is 1. The number of carbonyl (C=O) groups excluding carboxylic acids is 2. The molecule has 0 bridgehead atoms. The fraction of sp³-hybridized carbons (Fsp3) is 0.786. The van der Waals surface area contributed by atoms with Crippen molar-refractivity contribution in [3.63, 3.8) is 0 Å². The first-order valence-corrected chi connectivity index (χ1v) is 7.86. The van der Waals surface area contributed by atoms with E-state index in [1.807, 2.05) is 0 Å². The van der Waals surface area contributed by atoms with E-state index in [2.05, 4.69) is 15.6 Å². The molecule has 0 aromatic carbocycles. The number of nitrogens with one attached hydrogen (secondary N) is 1. The summed E-state index contributed by atoms with van der Waals surface area (Å²) in [7, 11) is 1.35. The van der Waals surface area contributed by atoms with Gasteiger partial charge >= 0.3 is 12.1 Å². The zero-order valence-electron chi connectivity index (χ0n) is 15.3. The van der Waals surface area contributed by atoms with Crippen molar-refractivity contribution in [1.29, 1.82) is 0 Å². The van der Waals surface area contributed by atoms with Gasteiger partial charge in [-0.15, -0.1) is 10.5 Å². The lowest BCUT2D eigenvalue weighted by atomic mass is 10.1. The quantitative estimate of drug-likeness (QED) is 0.258. The Labute approximate surface area is 150 Å². The van der Waals surface area contributed by atoms with Crippen LogP contribution in [0.2, 0.25) is 0 Å². The SMILES string of the molecule is CN(CC(=O)O)NC(=O)C[C@H](F)CCCN(N=[N+]=[N-])C(=O)OC(C)(C)C. The van der Waals surface area contributed by atoms with Crippen LogP contribution in [0.3, 0.4) is 0 Å². The molecule has 11 nitrogen and oxygen atoms in total. The predicted octanol–water partition coefficient (Wildman–Crippen LogP) is 2.00. The van der Waals surface area contributed by atoms with E-state index in [0.29, 0.717) is 0 Å². The summed E-state index contributed by atoms with van der Waals surface area (Å²) in [6, 6.07) is 0. The molecule has 0 saturated carbocycles. The van der Waals surface area contributed by atoms with Crippen LogP contribution in [-0.4, -0.2) is 65.0 Å². The Hall–Kier alpha value is -2.59. The number of hydrazine groups is 1. The second-order valence-electron chi connectivity index (χ2n) is 6.51. The zero-order chi connectivity index (χ0) is 20.3. The van der Waals surface area contributed by atoms with E-state index in [0.717, 1.165) is 10.0 Å². The molecule has 0 aromatic rings. The first-order valence-electron chi connectivity index (χ1n) is 7.86. The molecule has 0 rings (SSSR count). The number of carbonyl (C=O) groups is 3. The average molecular weight is 376 g/mol. The summed E-state index contributed by atoms with van der Waals surface area (Å²) in [5.41, 5.74) is 9.95. The second-order valence-corrected chi connectivity index (χ2v) is 6.51. The van der Waals surface area contributed by atoms with Gasteiger partial charge in [0.2, 0.25) is 5.91 Å². The minimum absolute atomic E-state index is 0.0592. The van der Waals surface area contributed by atoms with Crippen molar-refractivity contribution in [1.82, 2.24) is 15.4 Å². The van der Waals surface area contributed by atoms with E-state index < -0.39 is 42.7 Å². The zero-order valence-corrected chi connectivity index (χ0v) is 15.3. The predicted molar refractivity (Wildman–Crippen MR) is 89.2 cm³/mol. The topological polar surface area (TPSA) is 148 Å². The minimum atomic E-state index is -1.50. The van der Waals surface area contributed by atoms with Crippen LogP contribution >= 0.6 is 0 Å². The number of halogens is 1. The number of hydrogen-bond donors (Lipinski definition) is 2. The molecule has 0 spiro atoms. The maximum Gasteiger partial charge on any atom is 0.510 e. The van der Waals surface area contributed by atoms with Gasteiger partial charge in [-0.25, -0.2) is 9.40 Å². The van der Waals surface area contributed by atoms with Crippen LogP contribution in [0.5, 0.6) is 0 Å². The van der Waals surface area contributed by atoms with Crippen LogP contribution in [0.1, 0.15) is 40.0 Å². The van der Waals surface area contributed by atoms with Crippen molar-refractivity contribution >= 4 is 18.0 Å². The number of amides is 2. The lowest BCUT2D eigenvalue weighted by molar-refractivity contribution is -0.139. The van der Waals surface area contributed by atoms with E-state index in [4.69, 9.17) is 15.4 Å². The smallest absolute Gasteiger partial charge is 0.480 e. The third kappa shape index (κ3) is 11.9. The van der Waals surface area contributed by atoms with Crippen LogP contribution in [0.4, 0.5) is 9.18 Å². The van der Waals surface area contributed by atoms with Gasteiger partial charge in [0.1, 0.15) is 24.9 Å². The Morgan fingerprint density at radius 2 is 2.00 bits per heavy atom. The molecule has 1 atom stereocenters. The highest BCUT2D eigenvalue weighted by molar-refractivity contribution is 5.76. The van der Waals surface area contributed by atoms with Crippen molar-refractivity contribution in [2.24, 2.45) is 5.22 Å². The van der Waals surface area contributed by atoms with Gasteiger partial charge in [0, 0.05) is 7.05 Å². The maximum absolute atomic E-state index is 13.8. The maximum atomic E-state index is 13.8. The third-order valence-corrected chi connectivity index (χ3v) is 2.73. The summed E-state index contributed by atoms with van der Waals surface area (Å²) in [4.78, 5) is 36.4. The van der Waals surface area contributed by atoms with Crippen LogP contribution < -0.4 is 5.43 Å². The van der Waals surface area contributed by atoms with E-state index in [1.54, 1.807) is 20.8 Å². The number of nitrogens with zero attached hydrogens (tertiary/aromatic N) is 5. The highest BCUT2D eigenvalue weighted by Gasteiger charge is 2.25. The molecule has 0 aliphatic rings.